The molecule has 132 valence electrons. The Morgan fingerprint density at radius 3 is 2.46 bits per heavy atom. The number of amides is 1. The zero-order valence-corrected chi connectivity index (χ0v) is 14.3. The molecule has 0 spiro atoms. The zero-order valence-electron chi connectivity index (χ0n) is 14.3. The van der Waals surface area contributed by atoms with E-state index in [1.807, 2.05) is 0 Å². The van der Waals surface area contributed by atoms with Gasteiger partial charge in [0, 0.05) is 13.1 Å². The van der Waals surface area contributed by atoms with Crippen LogP contribution in [-0.2, 0) is 16.0 Å². The maximum Gasteiger partial charge on any atom is 0.410 e. The van der Waals surface area contributed by atoms with Gasteiger partial charge in [0.2, 0.25) is 0 Å². The molecule has 24 heavy (non-hydrogen) atoms. The van der Waals surface area contributed by atoms with Crippen LogP contribution >= 0.6 is 0 Å². The number of carbonyl (C=O) groups is 2. The van der Waals surface area contributed by atoms with Crippen LogP contribution in [-0.4, -0.2) is 40.8 Å². The van der Waals surface area contributed by atoms with E-state index in [-0.39, 0.29) is 18.8 Å². The van der Waals surface area contributed by atoms with E-state index < -0.39 is 23.1 Å². The molecule has 6 heteroatoms. The molecule has 0 aromatic heterocycles. The van der Waals surface area contributed by atoms with Gasteiger partial charge in [-0.2, -0.15) is 0 Å². The summed E-state index contributed by atoms with van der Waals surface area (Å²) < 4.78 is 18.4. The van der Waals surface area contributed by atoms with Gasteiger partial charge in [-0.25, -0.2) is 9.18 Å². The first-order valence-corrected chi connectivity index (χ1v) is 8.07. The van der Waals surface area contributed by atoms with Crippen molar-refractivity contribution in [2.45, 2.75) is 45.6 Å². The molecule has 0 radical (unpaired) electrons. The lowest BCUT2D eigenvalue weighted by molar-refractivity contribution is -0.152. The maximum atomic E-state index is 13.1. The molecule has 1 heterocycles. The molecule has 0 bridgehead atoms. The molecule has 1 aliphatic heterocycles. The second-order valence-electron chi connectivity index (χ2n) is 7.39. The summed E-state index contributed by atoms with van der Waals surface area (Å²) in [6, 6.07) is 5.82. The van der Waals surface area contributed by atoms with Crippen molar-refractivity contribution in [3.8, 4) is 0 Å². The number of hydrogen-bond donors (Lipinski definition) is 1. The molecule has 1 aromatic rings. The molecule has 1 N–H and O–H groups in total. The predicted octanol–water partition coefficient (Wildman–Crippen LogP) is 3.47. The predicted molar refractivity (Wildman–Crippen MR) is 87.2 cm³/mol. The monoisotopic (exact) mass is 337 g/mol. The molecule has 1 aliphatic rings. The summed E-state index contributed by atoms with van der Waals surface area (Å²) in [4.78, 5) is 25.7. The summed E-state index contributed by atoms with van der Waals surface area (Å²) in [5.74, 6) is -1.30. The minimum absolute atomic E-state index is 0.0919. The molecule has 1 unspecified atom stereocenters. The van der Waals surface area contributed by atoms with Crippen molar-refractivity contribution in [3.05, 3.63) is 35.6 Å². The van der Waals surface area contributed by atoms with Gasteiger partial charge >= 0.3 is 12.1 Å². The van der Waals surface area contributed by atoms with Crippen LogP contribution < -0.4 is 0 Å². The minimum Gasteiger partial charge on any atom is -0.481 e. The molecule has 1 atom stereocenters. The summed E-state index contributed by atoms with van der Waals surface area (Å²) in [7, 11) is 0. The number of hydrogen-bond acceptors (Lipinski definition) is 3. The van der Waals surface area contributed by atoms with Gasteiger partial charge in [-0.3, -0.25) is 4.79 Å². The average molecular weight is 337 g/mol. The molecule has 1 saturated heterocycles. The molecule has 2 rings (SSSR count). The molecular formula is C18H24FNO4. The average Bonchev–Trinajstić information content (AvgIpc) is 2.48. The Balaban J connectivity index is 2.18. The fourth-order valence-electron chi connectivity index (χ4n) is 3.00. The minimum atomic E-state index is -1.08. The van der Waals surface area contributed by atoms with Crippen LogP contribution in [0.5, 0.6) is 0 Å². The second-order valence-corrected chi connectivity index (χ2v) is 7.39. The van der Waals surface area contributed by atoms with Gasteiger partial charge in [-0.15, -0.1) is 0 Å². The van der Waals surface area contributed by atoms with Gasteiger partial charge in [0.25, 0.3) is 0 Å². The van der Waals surface area contributed by atoms with Crippen molar-refractivity contribution >= 4 is 12.1 Å². The molecular weight excluding hydrogens is 313 g/mol. The highest BCUT2D eigenvalue weighted by atomic mass is 19.1. The Bertz CT molecular complexity index is 608. The first kappa shape index (κ1) is 18.2. The van der Waals surface area contributed by atoms with Gasteiger partial charge in [0.05, 0.1) is 5.41 Å². The first-order valence-electron chi connectivity index (χ1n) is 8.07. The van der Waals surface area contributed by atoms with E-state index in [1.54, 1.807) is 32.9 Å². The molecule has 1 aromatic carbocycles. The van der Waals surface area contributed by atoms with E-state index in [4.69, 9.17) is 4.74 Å². The Hall–Kier alpha value is -2.11. The maximum absolute atomic E-state index is 13.1. The number of carbonyl (C=O) groups excluding carboxylic acids is 1. The fourth-order valence-corrected chi connectivity index (χ4v) is 3.00. The normalized spacial score (nSPS) is 21.4. The van der Waals surface area contributed by atoms with Crippen molar-refractivity contribution in [3.63, 3.8) is 0 Å². The number of aliphatic carboxylic acids is 1. The number of piperidine rings is 1. The number of rotatable bonds is 3. The van der Waals surface area contributed by atoms with Gasteiger partial charge < -0.3 is 14.7 Å². The van der Waals surface area contributed by atoms with E-state index in [0.29, 0.717) is 19.4 Å². The van der Waals surface area contributed by atoms with E-state index in [9.17, 15) is 19.1 Å². The quantitative estimate of drug-likeness (QED) is 0.917. The summed E-state index contributed by atoms with van der Waals surface area (Å²) in [5.41, 5.74) is -0.963. The van der Waals surface area contributed by atoms with Crippen LogP contribution in [0.15, 0.2) is 24.3 Å². The Morgan fingerprint density at radius 2 is 1.92 bits per heavy atom. The zero-order chi connectivity index (χ0) is 18.0. The number of halogens is 1. The lowest BCUT2D eigenvalue weighted by atomic mass is 9.75. The van der Waals surface area contributed by atoms with Gasteiger partial charge in [-0.05, 0) is 57.7 Å². The van der Waals surface area contributed by atoms with Crippen LogP contribution in [0.4, 0.5) is 9.18 Å². The molecule has 0 aliphatic carbocycles. The summed E-state index contributed by atoms with van der Waals surface area (Å²) >= 11 is 0. The molecule has 1 amide bonds. The largest absolute Gasteiger partial charge is 0.481 e. The Morgan fingerprint density at radius 1 is 1.29 bits per heavy atom. The second kappa shape index (κ2) is 6.79. The van der Waals surface area contributed by atoms with Crippen molar-refractivity contribution in [1.29, 1.82) is 0 Å². The smallest absolute Gasteiger partial charge is 0.410 e. The van der Waals surface area contributed by atoms with Gasteiger partial charge in [-0.1, -0.05) is 12.1 Å². The van der Waals surface area contributed by atoms with Gasteiger partial charge in [0.1, 0.15) is 11.4 Å². The van der Waals surface area contributed by atoms with Crippen molar-refractivity contribution < 1.29 is 23.8 Å². The first-order chi connectivity index (χ1) is 11.1. The Kier molecular flexibility index (Phi) is 5.16. The number of ether oxygens (including phenoxy) is 1. The fraction of sp³-hybridized carbons (Fsp3) is 0.556. The van der Waals surface area contributed by atoms with Crippen molar-refractivity contribution in [2.75, 3.05) is 13.1 Å². The number of nitrogens with zero attached hydrogens (tertiary/aromatic N) is 1. The van der Waals surface area contributed by atoms with Crippen LogP contribution in [0.2, 0.25) is 0 Å². The van der Waals surface area contributed by atoms with E-state index in [2.05, 4.69) is 0 Å². The highest BCUT2D eigenvalue weighted by Crippen LogP contribution is 2.35. The van der Waals surface area contributed by atoms with Gasteiger partial charge in [0.15, 0.2) is 0 Å². The summed E-state index contributed by atoms with van der Waals surface area (Å²) in [5, 5.41) is 9.78. The Labute approximate surface area is 141 Å². The number of carboxylic acid groups (broad SMARTS) is 1. The van der Waals surface area contributed by atoms with E-state index in [1.165, 1.54) is 17.0 Å². The van der Waals surface area contributed by atoms with Crippen LogP contribution in [0.25, 0.3) is 0 Å². The molecule has 1 fully saturated rings. The van der Waals surface area contributed by atoms with Crippen LogP contribution in [0.1, 0.15) is 39.2 Å². The topological polar surface area (TPSA) is 66.8 Å². The third-order valence-electron chi connectivity index (χ3n) is 4.14. The summed E-state index contributed by atoms with van der Waals surface area (Å²) in [6.45, 7) is 5.90. The standard InChI is InChI=1S/C18H24FNO4/c1-17(2,3)24-16(23)20-10-4-9-18(12-20,15(21)22)11-13-5-7-14(19)8-6-13/h5-8H,4,9-12H2,1-3H3,(H,21,22). The molecule has 0 saturated carbocycles. The van der Waals surface area contributed by atoms with E-state index >= 15 is 0 Å². The summed E-state index contributed by atoms with van der Waals surface area (Å²) in [6.07, 6.45) is 0.820. The number of benzene rings is 1. The lowest BCUT2D eigenvalue weighted by Crippen LogP contribution is -2.52. The third kappa shape index (κ3) is 4.46. The van der Waals surface area contributed by atoms with Crippen LogP contribution in [0.3, 0.4) is 0 Å². The van der Waals surface area contributed by atoms with Crippen molar-refractivity contribution in [2.24, 2.45) is 5.41 Å². The molecule has 5 nitrogen and oxygen atoms in total. The highest BCUT2D eigenvalue weighted by molar-refractivity contribution is 5.77. The lowest BCUT2D eigenvalue weighted by Gasteiger charge is -2.40. The number of carboxylic acids is 1. The van der Waals surface area contributed by atoms with E-state index in [0.717, 1.165) is 5.56 Å². The SMILES string of the molecule is CC(C)(C)OC(=O)N1CCCC(Cc2ccc(F)cc2)(C(=O)O)C1. The van der Waals surface area contributed by atoms with Crippen LogP contribution in [0, 0.1) is 11.2 Å². The highest BCUT2D eigenvalue weighted by Gasteiger charge is 2.44. The third-order valence-corrected chi connectivity index (χ3v) is 4.14. The number of likely N-dealkylation sites (tertiary alicyclic amines) is 1. The van der Waals surface area contributed by atoms with Crippen molar-refractivity contribution in [1.82, 2.24) is 4.90 Å².